The van der Waals surface area contributed by atoms with E-state index in [2.05, 4.69) is 10.3 Å². The first-order valence-corrected chi connectivity index (χ1v) is 8.96. The third-order valence-electron chi connectivity index (χ3n) is 4.22. The molecule has 3 rings (SSSR count). The molecule has 0 atom stereocenters. The summed E-state index contributed by atoms with van der Waals surface area (Å²) in [6.45, 7) is 5.48. The number of pyridine rings is 1. The maximum absolute atomic E-state index is 12.4. The molecule has 0 saturated heterocycles. The lowest BCUT2D eigenvalue weighted by molar-refractivity contribution is 0.0589. The van der Waals surface area contributed by atoms with Crippen LogP contribution in [0, 0.1) is 0 Å². The molecule has 3 aromatic rings. The van der Waals surface area contributed by atoms with Crippen LogP contribution in [-0.4, -0.2) is 41.1 Å². The Bertz CT molecular complexity index is 1030. The van der Waals surface area contributed by atoms with Gasteiger partial charge in [0.15, 0.2) is 0 Å². The van der Waals surface area contributed by atoms with Gasteiger partial charge in [0.25, 0.3) is 5.91 Å². The lowest BCUT2D eigenvalue weighted by Gasteiger charge is -2.24. The van der Waals surface area contributed by atoms with Crippen molar-refractivity contribution >= 4 is 23.3 Å². The van der Waals surface area contributed by atoms with Gasteiger partial charge in [0, 0.05) is 31.4 Å². The second-order valence-corrected chi connectivity index (χ2v) is 7.42. The van der Waals surface area contributed by atoms with E-state index in [1.165, 1.54) is 4.90 Å². The summed E-state index contributed by atoms with van der Waals surface area (Å²) in [6.07, 6.45) is 3.08. The molecule has 0 aliphatic rings. The Morgan fingerprint density at radius 3 is 2.54 bits per heavy atom. The number of rotatable bonds is 3. The largest absolute Gasteiger partial charge is 0.443 e. The van der Waals surface area contributed by atoms with Gasteiger partial charge in [0.2, 0.25) is 0 Å². The Morgan fingerprint density at radius 1 is 1.14 bits per heavy atom. The third-order valence-corrected chi connectivity index (χ3v) is 4.22. The lowest BCUT2D eigenvalue weighted by atomic mass is 10.0. The number of imidazole rings is 1. The van der Waals surface area contributed by atoms with E-state index in [1.807, 2.05) is 55.6 Å². The highest BCUT2D eigenvalue weighted by Gasteiger charge is 2.21. The van der Waals surface area contributed by atoms with E-state index in [-0.39, 0.29) is 5.91 Å². The van der Waals surface area contributed by atoms with Crippen molar-refractivity contribution in [2.24, 2.45) is 0 Å². The van der Waals surface area contributed by atoms with Crippen molar-refractivity contribution in [3.8, 4) is 11.3 Å². The molecule has 0 unspecified atom stereocenters. The number of hydrogen-bond donors (Lipinski definition) is 1. The summed E-state index contributed by atoms with van der Waals surface area (Å²) in [5.41, 5.74) is 2.85. The smallest absolute Gasteiger partial charge is 0.414 e. The zero-order valence-electron chi connectivity index (χ0n) is 16.7. The van der Waals surface area contributed by atoms with Crippen molar-refractivity contribution in [3.63, 3.8) is 0 Å². The molecule has 0 aliphatic carbocycles. The highest BCUT2D eigenvalue weighted by Crippen LogP contribution is 2.27. The van der Waals surface area contributed by atoms with Crippen LogP contribution in [-0.2, 0) is 4.74 Å². The molecule has 0 saturated carbocycles. The summed E-state index contributed by atoms with van der Waals surface area (Å²) in [7, 11) is 3.26. The van der Waals surface area contributed by atoms with Crippen LogP contribution in [0.2, 0.25) is 0 Å². The molecule has 0 aliphatic heterocycles. The van der Waals surface area contributed by atoms with Gasteiger partial charge < -0.3 is 10.1 Å². The average Bonchev–Trinajstić information content (AvgIpc) is 3.08. The molecule has 28 heavy (non-hydrogen) atoms. The Hall–Kier alpha value is -3.35. The number of carbonyl (C=O) groups is 2. The number of hydrogen-bond acceptors (Lipinski definition) is 4. The topological polar surface area (TPSA) is 75.9 Å². The fourth-order valence-electron chi connectivity index (χ4n) is 2.84. The monoisotopic (exact) mass is 380 g/mol. The maximum atomic E-state index is 12.4. The molecule has 0 spiro atoms. The minimum atomic E-state index is -0.581. The molecule has 0 radical (unpaired) electrons. The number of ether oxygens (including phenoxy) is 1. The van der Waals surface area contributed by atoms with E-state index < -0.39 is 11.7 Å². The SMILES string of the molecule is CNC(=O)c1ccccc1-c1cnc2ccc(N(C)C(=O)OC(C)(C)C)cn12. The first kappa shape index (κ1) is 19.4. The van der Waals surface area contributed by atoms with Crippen LogP contribution in [0.4, 0.5) is 10.5 Å². The number of nitrogens with zero attached hydrogens (tertiary/aromatic N) is 3. The van der Waals surface area contributed by atoms with Gasteiger partial charge in [-0.05, 0) is 39.0 Å². The standard InChI is InChI=1S/C21H24N4O3/c1-21(2,3)28-20(27)24(5)14-10-11-18-23-12-17(25(18)13-14)15-8-6-7-9-16(15)19(26)22-4/h6-13H,1-5H3,(H,22,26). The predicted molar refractivity (Wildman–Crippen MR) is 109 cm³/mol. The third kappa shape index (κ3) is 3.83. The van der Waals surface area contributed by atoms with Gasteiger partial charge in [-0.15, -0.1) is 0 Å². The number of amides is 2. The first-order chi connectivity index (χ1) is 13.2. The van der Waals surface area contributed by atoms with Crippen molar-refractivity contribution in [1.29, 1.82) is 0 Å². The van der Waals surface area contributed by atoms with E-state index in [0.29, 0.717) is 16.9 Å². The number of aromatic nitrogens is 2. The number of carbonyl (C=O) groups excluding carboxylic acids is 2. The minimum absolute atomic E-state index is 0.174. The summed E-state index contributed by atoms with van der Waals surface area (Å²) in [4.78, 5) is 30.5. The van der Waals surface area contributed by atoms with Gasteiger partial charge in [-0.25, -0.2) is 9.78 Å². The van der Waals surface area contributed by atoms with Crippen LogP contribution in [0.15, 0.2) is 48.8 Å². The molecule has 0 bridgehead atoms. The van der Waals surface area contributed by atoms with Gasteiger partial charge in [0.1, 0.15) is 11.2 Å². The zero-order valence-corrected chi connectivity index (χ0v) is 16.7. The van der Waals surface area contributed by atoms with Crippen molar-refractivity contribution in [2.75, 3.05) is 19.0 Å². The number of nitrogens with one attached hydrogen (secondary N) is 1. The second-order valence-electron chi connectivity index (χ2n) is 7.42. The molecule has 1 aromatic carbocycles. The molecule has 1 N–H and O–H groups in total. The summed E-state index contributed by atoms with van der Waals surface area (Å²) in [5.74, 6) is -0.174. The van der Waals surface area contributed by atoms with Gasteiger partial charge >= 0.3 is 6.09 Å². The van der Waals surface area contributed by atoms with Crippen LogP contribution in [0.1, 0.15) is 31.1 Å². The van der Waals surface area contributed by atoms with E-state index in [1.54, 1.807) is 32.4 Å². The fourth-order valence-corrected chi connectivity index (χ4v) is 2.84. The van der Waals surface area contributed by atoms with Crippen molar-refractivity contribution in [3.05, 3.63) is 54.4 Å². The van der Waals surface area contributed by atoms with E-state index in [9.17, 15) is 9.59 Å². The quantitative estimate of drug-likeness (QED) is 0.751. The molecule has 2 aromatic heterocycles. The van der Waals surface area contributed by atoms with Gasteiger partial charge in [-0.2, -0.15) is 0 Å². The molecule has 2 heterocycles. The molecular weight excluding hydrogens is 356 g/mol. The molecular formula is C21H24N4O3. The lowest BCUT2D eigenvalue weighted by Crippen LogP contribution is -2.34. The predicted octanol–water partition coefficient (Wildman–Crippen LogP) is 3.73. The summed E-state index contributed by atoms with van der Waals surface area (Å²) in [5, 5.41) is 2.66. The van der Waals surface area contributed by atoms with Gasteiger partial charge in [-0.1, -0.05) is 18.2 Å². The highest BCUT2D eigenvalue weighted by atomic mass is 16.6. The first-order valence-electron chi connectivity index (χ1n) is 8.96. The average molecular weight is 380 g/mol. The Labute approximate surface area is 163 Å². The Morgan fingerprint density at radius 2 is 1.86 bits per heavy atom. The molecule has 7 heteroatoms. The Balaban J connectivity index is 2.05. The Kier molecular flexibility index (Phi) is 5.09. The van der Waals surface area contributed by atoms with E-state index >= 15 is 0 Å². The highest BCUT2D eigenvalue weighted by molar-refractivity contribution is 6.00. The van der Waals surface area contributed by atoms with E-state index in [0.717, 1.165) is 11.3 Å². The number of benzene rings is 1. The summed E-state index contributed by atoms with van der Waals surface area (Å²) >= 11 is 0. The number of anilines is 1. The van der Waals surface area contributed by atoms with Crippen LogP contribution < -0.4 is 10.2 Å². The van der Waals surface area contributed by atoms with Crippen LogP contribution in [0.3, 0.4) is 0 Å². The molecule has 7 nitrogen and oxygen atoms in total. The van der Waals surface area contributed by atoms with Crippen LogP contribution in [0.25, 0.3) is 16.9 Å². The normalized spacial score (nSPS) is 11.3. The second kappa shape index (κ2) is 7.34. The van der Waals surface area contributed by atoms with Crippen molar-refractivity contribution in [2.45, 2.75) is 26.4 Å². The maximum Gasteiger partial charge on any atom is 0.414 e. The van der Waals surface area contributed by atoms with Crippen molar-refractivity contribution < 1.29 is 14.3 Å². The van der Waals surface area contributed by atoms with E-state index in [4.69, 9.17) is 4.74 Å². The fraction of sp³-hybridized carbons (Fsp3) is 0.286. The van der Waals surface area contributed by atoms with Gasteiger partial charge in [-0.3, -0.25) is 14.1 Å². The van der Waals surface area contributed by atoms with Gasteiger partial charge in [0.05, 0.1) is 17.6 Å². The van der Waals surface area contributed by atoms with Crippen LogP contribution in [0.5, 0.6) is 0 Å². The minimum Gasteiger partial charge on any atom is -0.443 e. The van der Waals surface area contributed by atoms with Crippen molar-refractivity contribution in [1.82, 2.24) is 14.7 Å². The molecule has 0 fully saturated rings. The van der Waals surface area contributed by atoms with Crippen LogP contribution >= 0.6 is 0 Å². The number of fused-ring (bicyclic) bond motifs is 1. The summed E-state index contributed by atoms with van der Waals surface area (Å²) in [6, 6.07) is 11.0. The molecule has 2 amide bonds. The zero-order chi connectivity index (χ0) is 20.5. The summed E-state index contributed by atoms with van der Waals surface area (Å²) < 4.78 is 7.30. The molecule has 146 valence electrons.